The van der Waals surface area contributed by atoms with Crippen LogP contribution in [0, 0.1) is 23.3 Å². The predicted octanol–water partition coefficient (Wildman–Crippen LogP) is 5.31. The van der Waals surface area contributed by atoms with Crippen molar-refractivity contribution < 1.29 is 17.6 Å². The topological polar surface area (TPSA) is 30.7 Å². The first-order chi connectivity index (χ1) is 12.9. The van der Waals surface area contributed by atoms with Gasteiger partial charge in [0.25, 0.3) is 0 Å². The highest BCUT2D eigenvalue weighted by molar-refractivity contribution is 5.83. The van der Waals surface area contributed by atoms with Crippen LogP contribution in [0.3, 0.4) is 0 Å². The molecule has 0 radical (unpaired) electrons. The fourth-order valence-electron chi connectivity index (χ4n) is 3.27. The zero-order valence-corrected chi connectivity index (χ0v) is 14.6. The van der Waals surface area contributed by atoms with Gasteiger partial charge in [-0.3, -0.25) is 4.98 Å². The number of hydrogen-bond donors (Lipinski definition) is 0. The third-order valence-electron chi connectivity index (χ3n) is 4.56. The van der Waals surface area contributed by atoms with Gasteiger partial charge in [-0.05, 0) is 23.8 Å². The van der Waals surface area contributed by atoms with Crippen LogP contribution in [0.1, 0.15) is 31.2 Å². The van der Waals surface area contributed by atoms with Crippen LogP contribution < -0.4 is 0 Å². The number of imidazole rings is 1. The van der Waals surface area contributed by atoms with Gasteiger partial charge in [0.1, 0.15) is 11.3 Å². The first kappa shape index (κ1) is 17.5. The minimum atomic E-state index is -1.01. The Labute approximate surface area is 152 Å². The van der Waals surface area contributed by atoms with E-state index in [2.05, 4.69) is 9.97 Å². The molecular weight excluding hydrogens is 358 g/mol. The van der Waals surface area contributed by atoms with E-state index in [0.717, 1.165) is 18.2 Å². The molecular formula is C20H15F4N3. The molecule has 0 bridgehead atoms. The van der Waals surface area contributed by atoms with E-state index in [1.54, 1.807) is 10.6 Å². The molecule has 0 atom stereocenters. The van der Waals surface area contributed by atoms with Crippen molar-refractivity contribution in [3.8, 4) is 0 Å². The predicted molar refractivity (Wildman–Crippen MR) is 94.5 cm³/mol. The summed E-state index contributed by atoms with van der Waals surface area (Å²) in [7, 11) is 0. The smallest absolute Gasteiger partial charge is 0.184 e. The molecule has 0 saturated heterocycles. The number of rotatable bonds is 3. The fraction of sp³-hybridized carbons (Fsp3) is 0.200. The Bertz CT molecular complexity index is 1180. The van der Waals surface area contributed by atoms with E-state index in [0.29, 0.717) is 27.8 Å². The molecule has 4 rings (SSSR count). The minimum absolute atomic E-state index is 0.00851. The molecule has 0 spiro atoms. The SMILES string of the molecule is CC(C)c1nc2cc(F)c(F)cc2n1Cc1ccnc2c(F)c(F)ccc12. The van der Waals surface area contributed by atoms with Gasteiger partial charge in [0.15, 0.2) is 23.3 Å². The number of benzene rings is 2. The van der Waals surface area contributed by atoms with Crippen molar-refractivity contribution >= 4 is 21.9 Å². The van der Waals surface area contributed by atoms with Gasteiger partial charge in [-0.25, -0.2) is 22.5 Å². The molecule has 0 aliphatic heterocycles. The molecule has 2 heterocycles. The van der Waals surface area contributed by atoms with Crippen LogP contribution in [-0.4, -0.2) is 14.5 Å². The Morgan fingerprint density at radius 2 is 1.70 bits per heavy atom. The summed E-state index contributed by atoms with van der Waals surface area (Å²) in [6.45, 7) is 4.08. The summed E-state index contributed by atoms with van der Waals surface area (Å²) < 4.78 is 56.7. The molecule has 7 heteroatoms. The molecule has 2 aromatic heterocycles. The number of halogens is 4. The number of nitrogens with zero attached hydrogens (tertiary/aromatic N) is 3. The Morgan fingerprint density at radius 3 is 2.44 bits per heavy atom. The standard InChI is InChI=1S/C20H15F4N3/c1-10(2)20-26-16-7-14(22)15(23)8-17(16)27(20)9-11-5-6-25-19-12(11)3-4-13(21)18(19)24/h3-8,10H,9H2,1-2H3. The summed E-state index contributed by atoms with van der Waals surface area (Å²) >= 11 is 0. The first-order valence-corrected chi connectivity index (χ1v) is 8.43. The maximum absolute atomic E-state index is 14.1. The van der Waals surface area contributed by atoms with Crippen LogP contribution in [0.25, 0.3) is 21.9 Å². The molecule has 0 aliphatic carbocycles. The summed E-state index contributed by atoms with van der Waals surface area (Å²) in [6, 6.07) is 6.37. The third-order valence-corrected chi connectivity index (χ3v) is 4.56. The van der Waals surface area contributed by atoms with E-state index >= 15 is 0 Å². The van der Waals surface area contributed by atoms with Gasteiger partial charge in [0.2, 0.25) is 0 Å². The van der Waals surface area contributed by atoms with Crippen molar-refractivity contribution in [1.29, 1.82) is 0 Å². The molecule has 2 aromatic carbocycles. The molecule has 0 fully saturated rings. The second kappa shape index (κ2) is 6.33. The van der Waals surface area contributed by atoms with Gasteiger partial charge >= 0.3 is 0 Å². The number of hydrogen-bond acceptors (Lipinski definition) is 2. The van der Waals surface area contributed by atoms with Crippen LogP contribution >= 0.6 is 0 Å². The lowest BCUT2D eigenvalue weighted by Gasteiger charge is -2.13. The molecule has 0 amide bonds. The highest BCUT2D eigenvalue weighted by Crippen LogP contribution is 2.28. The monoisotopic (exact) mass is 373 g/mol. The van der Waals surface area contributed by atoms with Gasteiger partial charge in [-0.1, -0.05) is 13.8 Å². The zero-order chi connectivity index (χ0) is 19.3. The number of fused-ring (bicyclic) bond motifs is 2. The summed E-state index contributed by atoms with van der Waals surface area (Å²) in [6.07, 6.45) is 1.40. The van der Waals surface area contributed by atoms with Crippen LogP contribution in [0.2, 0.25) is 0 Å². The Morgan fingerprint density at radius 1 is 0.963 bits per heavy atom. The normalized spacial score (nSPS) is 11.8. The highest BCUT2D eigenvalue weighted by atomic mass is 19.2. The van der Waals surface area contributed by atoms with E-state index in [-0.39, 0.29) is 18.0 Å². The molecule has 27 heavy (non-hydrogen) atoms. The summed E-state index contributed by atoms with van der Waals surface area (Å²) in [4.78, 5) is 8.36. The quantitative estimate of drug-likeness (QED) is 0.456. The van der Waals surface area contributed by atoms with Crippen molar-refractivity contribution in [2.24, 2.45) is 0 Å². The second-order valence-electron chi connectivity index (χ2n) is 6.69. The van der Waals surface area contributed by atoms with Gasteiger partial charge in [-0.15, -0.1) is 0 Å². The van der Waals surface area contributed by atoms with Crippen molar-refractivity contribution in [3.63, 3.8) is 0 Å². The Hall–Kier alpha value is -2.96. The van der Waals surface area contributed by atoms with Crippen molar-refractivity contribution in [2.75, 3.05) is 0 Å². The van der Waals surface area contributed by atoms with Crippen LogP contribution in [0.4, 0.5) is 17.6 Å². The van der Waals surface area contributed by atoms with Crippen molar-refractivity contribution in [2.45, 2.75) is 26.3 Å². The van der Waals surface area contributed by atoms with E-state index in [1.807, 2.05) is 13.8 Å². The molecule has 0 N–H and O–H groups in total. The van der Waals surface area contributed by atoms with Gasteiger partial charge < -0.3 is 4.57 Å². The average molecular weight is 373 g/mol. The van der Waals surface area contributed by atoms with Gasteiger partial charge in [-0.2, -0.15) is 0 Å². The highest BCUT2D eigenvalue weighted by Gasteiger charge is 2.18. The lowest BCUT2D eigenvalue weighted by atomic mass is 10.1. The molecule has 0 unspecified atom stereocenters. The molecule has 4 aromatic rings. The second-order valence-corrected chi connectivity index (χ2v) is 6.69. The van der Waals surface area contributed by atoms with Crippen LogP contribution in [0.15, 0.2) is 36.5 Å². The first-order valence-electron chi connectivity index (χ1n) is 8.43. The summed E-state index contributed by atoms with van der Waals surface area (Å²) in [5.74, 6) is -3.28. The maximum atomic E-state index is 14.1. The zero-order valence-electron chi connectivity index (χ0n) is 14.6. The summed E-state index contributed by atoms with van der Waals surface area (Å²) in [5, 5.41) is 0.454. The Balaban J connectivity index is 1.94. The van der Waals surface area contributed by atoms with E-state index in [9.17, 15) is 17.6 Å². The maximum Gasteiger partial charge on any atom is 0.184 e. The van der Waals surface area contributed by atoms with E-state index < -0.39 is 23.3 Å². The average Bonchev–Trinajstić information content (AvgIpc) is 2.97. The largest absolute Gasteiger partial charge is 0.323 e. The molecule has 138 valence electrons. The van der Waals surface area contributed by atoms with Crippen molar-refractivity contribution in [1.82, 2.24) is 14.5 Å². The number of aromatic nitrogens is 3. The lowest BCUT2D eigenvalue weighted by Crippen LogP contribution is -2.08. The molecule has 3 nitrogen and oxygen atoms in total. The van der Waals surface area contributed by atoms with Crippen molar-refractivity contribution in [3.05, 3.63) is 71.2 Å². The van der Waals surface area contributed by atoms with E-state index in [4.69, 9.17) is 0 Å². The minimum Gasteiger partial charge on any atom is -0.323 e. The third kappa shape index (κ3) is 2.83. The fourth-order valence-corrected chi connectivity index (χ4v) is 3.27. The van der Waals surface area contributed by atoms with E-state index in [1.165, 1.54) is 12.3 Å². The van der Waals surface area contributed by atoms with Crippen LogP contribution in [-0.2, 0) is 6.54 Å². The Kier molecular flexibility index (Phi) is 4.09. The van der Waals surface area contributed by atoms with Gasteiger partial charge in [0.05, 0.1) is 17.6 Å². The number of pyridine rings is 1. The molecule has 0 aliphatic rings. The lowest BCUT2D eigenvalue weighted by molar-refractivity contribution is 0.510. The molecule has 0 saturated carbocycles. The van der Waals surface area contributed by atoms with Gasteiger partial charge in [0, 0.05) is 29.6 Å². The van der Waals surface area contributed by atoms with Crippen LogP contribution in [0.5, 0.6) is 0 Å². The summed E-state index contributed by atoms with van der Waals surface area (Å²) in [5.41, 5.74) is 1.38.